The fourth-order valence-electron chi connectivity index (χ4n) is 3.77. The highest BCUT2D eigenvalue weighted by Gasteiger charge is 2.36. The minimum absolute atomic E-state index is 0.199. The van der Waals surface area contributed by atoms with E-state index in [1.165, 1.54) is 12.3 Å². The van der Waals surface area contributed by atoms with E-state index in [-0.39, 0.29) is 17.6 Å². The summed E-state index contributed by atoms with van der Waals surface area (Å²) in [6.07, 6.45) is 4.85. The second-order valence-electron chi connectivity index (χ2n) is 7.60. The SMILES string of the molecule is CCOC(=O)/C=C/c1ccc(NC(=O)C2Cc3ccccc3CN2C(=O)c2ccco2)cc1. The molecule has 0 saturated heterocycles. The second kappa shape index (κ2) is 9.99. The number of anilines is 1. The Kier molecular flexibility index (Phi) is 6.69. The maximum Gasteiger partial charge on any atom is 0.330 e. The van der Waals surface area contributed by atoms with E-state index < -0.39 is 12.0 Å². The van der Waals surface area contributed by atoms with Gasteiger partial charge in [-0.15, -0.1) is 0 Å². The van der Waals surface area contributed by atoms with Gasteiger partial charge in [0.2, 0.25) is 5.91 Å². The van der Waals surface area contributed by atoms with Crippen molar-refractivity contribution in [1.82, 2.24) is 4.90 Å². The first-order valence-electron chi connectivity index (χ1n) is 10.7. The number of furan rings is 1. The van der Waals surface area contributed by atoms with Gasteiger partial charge in [-0.1, -0.05) is 36.4 Å². The van der Waals surface area contributed by atoms with Crippen LogP contribution in [0.5, 0.6) is 0 Å². The topological polar surface area (TPSA) is 88.9 Å². The Bertz CT molecular complexity index is 1170. The predicted molar refractivity (Wildman–Crippen MR) is 123 cm³/mol. The van der Waals surface area contributed by atoms with Crippen molar-refractivity contribution in [3.63, 3.8) is 0 Å². The lowest BCUT2D eigenvalue weighted by molar-refractivity contribution is -0.137. The van der Waals surface area contributed by atoms with Crippen LogP contribution in [0.25, 0.3) is 6.08 Å². The van der Waals surface area contributed by atoms with Gasteiger partial charge in [-0.2, -0.15) is 0 Å². The molecule has 0 bridgehead atoms. The Balaban J connectivity index is 1.50. The normalized spacial score (nSPS) is 15.2. The number of amides is 2. The molecule has 2 aromatic carbocycles. The first kappa shape index (κ1) is 22.1. The average molecular weight is 444 g/mol. The summed E-state index contributed by atoms with van der Waals surface area (Å²) in [5.74, 6) is -0.813. The van der Waals surface area contributed by atoms with E-state index in [1.54, 1.807) is 54.3 Å². The predicted octanol–water partition coefficient (Wildman–Crippen LogP) is 4.06. The second-order valence-corrected chi connectivity index (χ2v) is 7.60. The highest BCUT2D eigenvalue weighted by Crippen LogP contribution is 2.26. The molecule has 168 valence electrons. The lowest BCUT2D eigenvalue weighted by atomic mass is 9.93. The summed E-state index contributed by atoms with van der Waals surface area (Å²) >= 11 is 0. The molecule has 4 rings (SSSR count). The first-order chi connectivity index (χ1) is 16.0. The van der Waals surface area contributed by atoms with Gasteiger partial charge < -0.3 is 19.4 Å². The van der Waals surface area contributed by atoms with Gasteiger partial charge in [-0.05, 0) is 54.0 Å². The minimum Gasteiger partial charge on any atom is -0.463 e. The van der Waals surface area contributed by atoms with E-state index >= 15 is 0 Å². The summed E-state index contributed by atoms with van der Waals surface area (Å²) in [5, 5.41) is 2.91. The molecule has 0 spiro atoms. The van der Waals surface area contributed by atoms with Gasteiger partial charge in [0.15, 0.2) is 5.76 Å². The first-order valence-corrected chi connectivity index (χ1v) is 10.7. The average Bonchev–Trinajstić information content (AvgIpc) is 3.37. The van der Waals surface area contributed by atoms with E-state index in [9.17, 15) is 14.4 Å². The Morgan fingerprint density at radius 1 is 1.06 bits per heavy atom. The van der Waals surface area contributed by atoms with E-state index in [0.717, 1.165) is 16.7 Å². The summed E-state index contributed by atoms with van der Waals surface area (Å²) in [7, 11) is 0. The van der Waals surface area contributed by atoms with Crippen LogP contribution < -0.4 is 5.32 Å². The van der Waals surface area contributed by atoms with E-state index in [4.69, 9.17) is 9.15 Å². The number of esters is 1. The van der Waals surface area contributed by atoms with Gasteiger partial charge in [-0.25, -0.2) is 4.79 Å². The fourth-order valence-corrected chi connectivity index (χ4v) is 3.77. The summed E-state index contributed by atoms with van der Waals surface area (Å²) < 4.78 is 10.2. The van der Waals surface area contributed by atoms with Crippen LogP contribution in [0.2, 0.25) is 0 Å². The number of hydrogen-bond donors (Lipinski definition) is 1. The van der Waals surface area contributed by atoms with Crippen molar-refractivity contribution in [2.75, 3.05) is 11.9 Å². The van der Waals surface area contributed by atoms with E-state index in [1.807, 2.05) is 24.3 Å². The number of carbonyl (C=O) groups is 3. The Labute approximate surface area is 191 Å². The number of nitrogens with one attached hydrogen (secondary N) is 1. The van der Waals surface area contributed by atoms with Crippen molar-refractivity contribution in [1.29, 1.82) is 0 Å². The molecule has 2 heterocycles. The molecule has 1 N–H and O–H groups in total. The van der Waals surface area contributed by atoms with E-state index in [2.05, 4.69) is 5.32 Å². The molecule has 1 aliphatic rings. The third-order valence-electron chi connectivity index (χ3n) is 5.42. The van der Waals surface area contributed by atoms with Gasteiger partial charge in [0.25, 0.3) is 5.91 Å². The minimum atomic E-state index is -0.680. The molecule has 33 heavy (non-hydrogen) atoms. The Hall–Kier alpha value is -4.13. The number of ether oxygens (including phenoxy) is 1. The van der Waals surface area contributed by atoms with Gasteiger partial charge in [0.1, 0.15) is 6.04 Å². The number of hydrogen-bond acceptors (Lipinski definition) is 5. The van der Waals surface area contributed by atoms with Crippen molar-refractivity contribution < 1.29 is 23.5 Å². The van der Waals surface area contributed by atoms with E-state index in [0.29, 0.717) is 25.3 Å². The molecule has 0 fully saturated rings. The highest BCUT2D eigenvalue weighted by molar-refractivity contribution is 6.00. The number of fused-ring (bicyclic) bond motifs is 1. The zero-order valence-corrected chi connectivity index (χ0v) is 18.2. The molecule has 7 heteroatoms. The molecule has 1 atom stereocenters. The molecular weight excluding hydrogens is 420 g/mol. The lowest BCUT2D eigenvalue weighted by Gasteiger charge is -2.35. The molecular formula is C26H24N2O5. The van der Waals surface area contributed by atoms with Crippen molar-refractivity contribution in [2.24, 2.45) is 0 Å². The summed E-state index contributed by atoms with van der Waals surface area (Å²) in [6, 6.07) is 17.4. The molecule has 0 aliphatic carbocycles. The molecule has 0 radical (unpaired) electrons. The smallest absolute Gasteiger partial charge is 0.330 e. The third-order valence-corrected chi connectivity index (χ3v) is 5.42. The van der Waals surface area contributed by atoms with Gasteiger partial charge in [0, 0.05) is 24.7 Å². The number of rotatable bonds is 6. The maximum atomic E-state index is 13.2. The van der Waals surface area contributed by atoms with Crippen molar-refractivity contribution in [3.05, 3.63) is 95.5 Å². The number of nitrogens with zero attached hydrogens (tertiary/aromatic N) is 1. The van der Waals surface area contributed by atoms with Crippen molar-refractivity contribution >= 4 is 29.5 Å². The van der Waals surface area contributed by atoms with Crippen LogP contribution in [0.3, 0.4) is 0 Å². The lowest BCUT2D eigenvalue weighted by Crippen LogP contribution is -2.50. The summed E-state index contributed by atoms with van der Waals surface area (Å²) in [5.41, 5.74) is 3.44. The van der Waals surface area contributed by atoms with Crippen molar-refractivity contribution in [2.45, 2.75) is 25.9 Å². The molecule has 0 saturated carbocycles. The molecule has 3 aromatic rings. The summed E-state index contributed by atoms with van der Waals surface area (Å²) in [6.45, 7) is 2.39. The highest BCUT2D eigenvalue weighted by atomic mass is 16.5. The summed E-state index contributed by atoms with van der Waals surface area (Å²) in [4.78, 5) is 39.3. The zero-order valence-electron chi connectivity index (χ0n) is 18.2. The number of carbonyl (C=O) groups excluding carboxylic acids is 3. The van der Waals surface area contributed by atoms with Crippen molar-refractivity contribution in [3.8, 4) is 0 Å². The van der Waals surface area contributed by atoms with Crippen LogP contribution in [-0.4, -0.2) is 35.3 Å². The molecule has 7 nitrogen and oxygen atoms in total. The Morgan fingerprint density at radius 3 is 2.52 bits per heavy atom. The quantitative estimate of drug-likeness (QED) is 0.458. The largest absolute Gasteiger partial charge is 0.463 e. The van der Waals surface area contributed by atoms with Gasteiger partial charge in [-0.3, -0.25) is 9.59 Å². The molecule has 2 amide bonds. The van der Waals surface area contributed by atoms with Gasteiger partial charge in [0.05, 0.1) is 12.9 Å². The molecule has 1 aliphatic heterocycles. The van der Waals surface area contributed by atoms with Crippen LogP contribution in [0.1, 0.15) is 34.2 Å². The Morgan fingerprint density at radius 2 is 1.82 bits per heavy atom. The third kappa shape index (κ3) is 5.20. The monoisotopic (exact) mass is 444 g/mol. The van der Waals surface area contributed by atoms with Crippen LogP contribution in [0.4, 0.5) is 5.69 Å². The number of benzene rings is 2. The van der Waals surface area contributed by atoms with Gasteiger partial charge >= 0.3 is 5.97 Å². The zero-order chi connectivity index (χ0) is 23.2. The fraction of sp³-hybridized carbons (Fsp3) is 0.192. The molecule has 1 unspecified atom stereocenters. The standard InChI is InChI=1S/C26H24N2O5/c1-2-32-24(29)14-11-18-9-12-21(13-10-18)27-25(30)22-16-19-6-3-4-7-20(19)17-28(22)26(31)23-8-5-15-33-23/h3-15,22H,2,16-17H2,1H3,(H,27,30)/b14-11+. The van der Waals surface area contributed by atoms with Crippen LogP contribution in [-0.2, 0) is 27.3 Å². The van der Waals surface area contributed by atoms with Crippen LogP contribution >= 0.6 is 0 Å². The maximum absolute atomic E-state index is 13.2. The molecule has 1 aromatic heterocycles. The van der Waals surface area contributed by atoms with Crippen LogP contribution in [0.15, 0.2) is 77.4 Å². The van der Waals surface area contributed by atoms with Crippen LogP contribution in [0, 0.1) is 0 Å².